The van der Waals surface area contributed by atoms with Gasteiger partial charge in [-0.25, -0.2) is 17.1 Å². The Morgan fingerprint density at radius 1 is 1.29 bits per heavy atom. The standard InChI is InChI=1S/C19H24FN3O4S/c1-13-18(28(25,26)22(2)3)11-17(27-13)19(24)21-12-14-15(20)7-6-8-16(14)23-9-4-5-10-23/h6-8,11H,4-5,9-10,12H2,1-3H3,(H,21,24). The first-order chi connectivity index (χ1) is 13.2. The number of nitrogens with one attached hydrogen (secondary N) is 1. The van der Waals surface area contributed by atoms with Gasteiger partial charge in [-0.05, 0) is 31.9 Å². The Morgan fingerprint density at radius 3 is 2.61 bits per heavy atom. The van der Waals surface area contributed by atoms with Crippen molar-refractivity contribution in [3.8, 4) is 0 Å². The number of carbonyl (C=O) groups excluding carboxylic acids is 1. The van der Waals surface area contributed by atoms with Crippen LogP contribution in [0.15, 0.2) is 33.6 Å². The molecular formula is C19H24FN3O4S. The summed E-state index contributed by atoms with van der Waals surface area (Å²) in [6, 6.07) is 6.06. The maximum atomic E-state index is 14.4. The number of furan rings is 1. The van der Waals surface area contributed by atoms with Crippen molar-refractivity contribution in [2.24, 2.45) is 0 Å². The molecule has 1 aromatic carbocycles. The first kappa shape index (κ1) is 20.3. The van der Waals surface area contributed by atoms with Gasteiger partial charge in [0.2, 0.25) is 10.0 Å². The Balaban J connectivity index is 1.79. The lowest BCUT2D eigenvalue weighted by Crippen LogP contribution is -2.26. The van der Waals surface area contributed by atoms with Crippen molar-refractivity contribution in [1.82, 2.24) is 9.62 Å². The van der Waals surface area contributed by atoms with E-state index in [1.807, 2.05) is 6.07 Å². The van der Waals surface area contributed by atoms with E-state index >= 15 is 0 Å². The van der Waals surface area contributed by atoms with Gasteiger partial charge in [0, 0.05) is 51.0 Å². The SMILES string of the molecule is Cc1oc(C(=O)NCc2c(F)cccc2N2CCCC2)cc1S(=O)(=O)N(C)C. The van der Waals surface area contributed by atoms with Crippen LogP contribution in [0.5, 0.6) is 0 Å². The van der Waals surface area contributed by atoms with E-state index in [-0.39, 0.29) is 23.0 Å². The van der Waals surface area contributed by atoms with E-state index in [0.29, 0.717) is 5.56 Å². The minimum atomic E-state index is -3.72. The lowest BCUT2D eigenvalue weighted by molar-refractivity contribution is 0.0921. The minimum absolute atomic E-state index is 0.0210. The van der Waals surface area contributed by atoms with Crippen molar-refractivity contribution in [3.63, 3.8) is 0 Å². The summed E-state index contributed by atoms with van der Waals surface area (Å²) in [6.07, 6.45) is 2.11. The van der Waals surface area contributed by atoms with Crippen molar-refractivity contribution in [2.75, 3.05) is 32.1 Å². The van der Waals surface area contributed by atoms with Crippen LogP contribution in [0.2, 0.25) is 0 Å². The molecule has 0 radical (unpaired) electrons. The molecule has 1 aliphatic heterocycles. The summed E-state index contributed by atoms with van der Waals surface area (Å²) in [4.78, 5) is 14.5. The molecule has 0 bridgehead atoms. The number of sulfonamides is 1. The van der Waals surface area contributed by atoms with Crippen LogP contribution in [0.25, 0.3) is 0 Å². The highest BCUT2D eigenvalue weighted by Gasteiger charge is 2.26. The number of halogens is 1. The molecular weight excluding hydrogens is 385 g/mol. The van der Waals surface area contributed by atoms with Gasteiger partial charge in [-0.15, -0.1) is 0 Å². The first-order valence-electron chi connectivity index (χ1n) is 9.05. The molecule has 152 valence electrons. The largest absolute Gasteiger partial charge is 0.455 e. The molecule has 1 fully saturated rings. The van der Waals surface area contributed by atoms with Crippen LogP contribution in [0.1, 0.15) is 34.7 Å². The Kier molecular flexibility index (Phi) is 5.76. The second-order valence-corrected chi connectivity index (χ2v) is 9.05. The van der Waals surface area contributed by atoms with Crippen LogP contribution in [0, 0.1) is 12.7 Å². The van der Waals surface area contributed by atoms with E-state index in [2.05, 4.69) is 10.2 Å². The number of hydrogen-bond donors (Lipinski definition) is 1. The summed E-state index contributed by atoms with van der Waals surface area (Å²) >= 11 is 0. The number of anilines is 1. The fourth-order valence-corrected chi connectivity index (χ4v) is 4.32. The fourth-order valence-electron chi connectivity index (χ4n) is 3.26. The highest BCUT2D eigenvalue weighted by Crippen LogP contribution is 2.27. The summed E-state index contributed by atoms with van der Waals surface area (Å²) in [7, 11) is -0.914. The zero-order valence-electron chi connectivity index (χ0n) is 16.2. The smallest absolute Gasteiger partial charge is 0.287 e. The maximum Gasteiger partial charge on any atom is 0.287 e. The van der Waals surface area contributed by atoms with Crippen LogP contribution < -0.4 is 10.2 Å². The van der Waals surface area contributed by atoms with Crippen LogP contribution in [-0.2, 0) is 16.6 Å². The van der Waals surface area contributed by atoms with Crippen LogP contribution >= 0.6 is 0 Å². The number of amides is 1. The highest BCUT2D eigenvalue weighted by molar-refractivity contribution is 7.89. The molecule has 1 amide bonds. The van der Waals surface area contributed by atoms with Gasteiger partial charge in [0.15, 0.2) is 5.76 Å². The Bertz CT molecular complexity index is 979. The van der Waals surface area contributed by atoms with Gasteiger partial charge in [-0.1, -0.05) is 6.07 Å². The number of carbonyl (C=O) groups is 1. The lowest BCUT2D eigenvalue weighted by Gasteiger charge is -2.21. The van der Waals surface area contributed by atoms with E-state index in [1.165, 1.54) is 33.2 Å². The Hall–Kier alpha value is -2.39. The molecule has 2 heterocycles. The third kappa shape index (κ3) is 3.90. The molecule has 0 atom stereocenters. The molecule has 9 heteroatoms. The van der Waals surface area contributed by atoms with Gasteiger partial charge in [0.05, 0.1) is 0 Å². The molecule has 3 rings (SSSR count). The van der Waals surface area contributed by atoms with Crippen LogP contribution in [0.3, 0.4) is 0 Å². The van der Waals surface area contributed by atoms with E-state index < -0.39 is 21.7 Å². The van der Waals surface area contributed by atoms with Crippen molar-refractivity contribution in [3.05, 3.63) is 47.2 Å². The molecule has 2 aromatic rings. The number of nitrogens with zero attached hydrogens (tertiary/aromatic N) is 2. The number of hydrogen-bond acceptors (Lipinski definition) is 5. The zero-order valence-corrected chi connectivity index (χ0v) is 17.0. The third-order valence-corrected chi connectivity index (χ3v) is 6.74. The molecule has 0 spiro atoms. The second-order valence-electron chi connectivity index (χ2n) is 6.93. The van der Waals surface area contributed by atoms with Gasteiger partial charge >= 0.3 is 0 Å². The van der Waals surface area contributed by atoms with Gasteiger partial charge in [-0.2, -0.15) is 0 Å². The maximum absolute atomic E-state index is 14.4. The zero-order chi connectivity index (χ0) is 20.5. The summed E-state index contributed by atoms with van der Waals surface area (Å²) in [5.41, 5.74) is 1.17. The summed E-state index contributed by atoms with van der Waals surface area (Å²) in [5.74, 6) is -0.991. The molecule has 1 N–H and O–H groups in total. The lowest BCUT2D eigenvalue weighted by atomic mass is 10.1. The quantitative estimate of drug-likeness (QED) is 0.793. The normalized spacial score (nSPS) is 14.7. The third-order valence-electron chi connectivity index (χ3n) is 4.82. The van der Waals surface area contributed by atoms with Crippen molar-refractivity contribution in [2.45, 2.75) is 31.2 Å². The van der Waals surface area contributed by atoms with E-state index in [1.54, 1.807) is 6.07 Å². The Morgan fingerprint density at radius 2 is 1.96 bits per heavy atom. The average molecular weight is 409 g/mol. The first-order valence-corrected chi connectivity index (χ1v) is 10.5. The van der Waals surface area contributed by atoms with E-state index in [0.717, 1.165) is 35.9 Å². The van der Waals surface area contributed by atoms with Crippen LogP contribution in [-0.4, -0.2) is 45.8 Å². The molecule has 0 aliphatic carbocycles. The van der Waals surface area contributed by atoms with Crippen molar-refractivity contribution in [1.29, 1.82) is 0 Å². The average Bonchev–Trinajstić information content (AvgIpc) is 3.30. The monoisotopic (exact) mass is 409 g/mol. The molecule has 0 unspecified atom stereocenters. The van der Waals surface area contributed by atoms with Gasteiger partial charge in [-0.3, -0.25) is 4.79 Å². The number of aryl methyl sites for hydroxylation is 1. The summed E-state index contributed by atoms with van der Waals surface area (Å²) in [6.45, 7) is 3.17. The topological polar surface area (TPSA) is 82.9 Å². The van der Waals surface area contributed by atoms with E-state index in [9.17, 15) is 17.6 Å². The fraction of sp³-hybridized carbons (Fsp3) is 0.421. The highest BCUT2D eigenvalue weighted by atomic mass is 32.2. The molecule has 1 aliphatic rings. The summed E-state index contributed by atoms with van der Waals surface area (Å²) < 4.78 is 45.3. The van der Waals surface area contributed by atoms with E-state index in [4.69, 9.17) is 4.42 Å². The predicted octanol–water partition coefficient (Wildman–Crippen LogP) is 2.51. The Labute approximate surface area is 164 Å². The van der Waals surface area contributed by atoms with Crippen molar-refractivity contribution < 1.29 is 22.0 Å². The van der Waals surface area contributed by atoms with Gasteiger partial charge in [0.1, 0.15) is 16.5 Å². The molecule has 1 saturated heterocycles. The predicted molar refractivity (Wildman–Crippen MR) is 103 cm³/mol. The van der Waals surface area contributed by atoms with Crippen molar-refractivity contribution >= 4 is 21.6 Å². The molecule has 7 nitrogen and oxygen atoms in total. The number of rotatable bonds is 6. The van der Waals surface area contributed by atoms with Gasteiger partial charge in [0.25, 0.3) is 5.91 Å². The molecule has 28 heavy (non-hydrogen) atoms. The molecule has 0 saturated carbocycles. The minimum Gasteiger partial charge on any atom is -0.455 e. The van der Waals surface area contributed by atoms with Crippen LogP contribution in [0.4, 0.5) is 10.1 Å². The summed E-state index contributed by atoms with van der Waals surface area (Å²) in [5, 5.41) is 2.63. The number of benzene rings is 1. The van der Waals surface area contributed by atoms with Gasteiger partial charge < -0.3 is 14.6 Å². The second kappa shape index (κ2) is 7.92. The molecule has 1 aromatic heterocycles.